The Morgan fingerprint density at radius 1 is 1.12 bits per heavy atom. The Kier molecular flexibility index (Phi) is 4.74. The second-order valence-electron chi connectivity index (χ2n) is 5.58. The summed E-state index contributed by atoms with van der Waals surface area (Å²) in [5.74, 6) is -0.994. The molecule has 1 atom stereocenters. The lowest BCUT2D eigenvalue weighted by molar-refractivity contribution is -0.129. The zero-order valence-electron chi connectivity index (χ0n) is 13.0. The number of esters is 1. The predicted octanol–water partition coefficient (Wildman–Crippen LogP) is 3.20. The van der Waals surface area contributed by atoms with Crippen LogP contribution in [0.15, 0.2) is 47.1 Å². The van der Waals surface area contributed by atoms with Gasteiger partial charge in [0.1, 0.15) is 0 Å². The minimum absolute atomic E-state index is 0.0493. The number of furan rings is 1. The van der Waals surface area contributed by atoms with Gasteiger partial charge in [0.15, 0.2) is 17.6 Å². The van der Waals surface area contributed by atoms with Gasteiger partial charge in [0.2, 0.25) is 0 Å². The van der Waals surface area contributed by atoms with Crippen LogP contribution in [0.1, 0.15) is 46.6 Å². The van der Waals surface area contributed by atoms with E-state index in [2.05, 4.69) is 5.32 Å². The highest BCUT2D eigenvalue weighted by Crippen LogP contribution is 2.22. The summed E-state index contributed by atoms with van der Waals surface area (Å²) >= 11 is 0. The Bertz CT molecular complexity index is 751. The molecule has 1 amide bonds. The van der Waals surface area contributed by atoms with Crippen molar-refractivity contribution in [3.05, 3.63) is 54.0 Å². The van der Waals surface area contributed by atoms with Crippen molar-refractivity contribution in [3.8, 4) is 0 Å². The highest BCUT2D eigenvalue weighted by Gasteiger charge is 2.27. The van der Waals surface area contributed by atoms with Crippen LogP contribution in [0.4, 0.5) is 5.69 Å². The number of ketones is 1. The van der Waals surface area contributed by atoms with Crippen molar-refractivity contribution in [2.24, 2.45) is 0 Å². The highest BCUT2D eigenvalue weighted by atomic mass is 16.5. The normalized spacial score (nSPS) is 17.3. The van der Waals surface area contributed by atoms with E-state index >= 15 is 0 Å². The number of carbonyl (C=O) groups is 3. The lowest BCUT2D eigenvalue weighted by Crippen LogP contribution is -2.30. The van der Waals surface area contributed by atoms with Crippen LogP contribution in [-0.2, 0) is 9.53 Å². The van der Waals surface area contributed by atoms with Gasteiger partial charge in [-0.3, -0.25) is 9.59 Å². The van der Waals surface area contributed by atoms with Crippen LogP contribution in [0.25, 0.3) is 0 Å². The van der Waals surface area contributed by atoms with Crippen molar-refractivity contribution < 1.29 is 23.5 Å². The molecule has 1 aliphatic rings. The molecular formula is C18H17NO5. The third-order valence-electron chi connectivity index (χ3n) is 3.89. The number of nitrogens with one attached hydrogen (secondary N) is 1. The summed E-state index contributed by atoms with van der Waals surface area (Å²) in [5.41, 5.74) is 0.517. The van der Waals surface area contributed by atoms with Gasteiger partial charge in [0, 0.05) is 6.42 Å². The lowest BCUT2D eigenvalue weighted by atomic mass is 9.96. The summed E-state index contributed by atoms with van der Waals surface area (Å²) in [7, 11) is 0. The van der Waals surface area contributed by atoms with Crippen molar-refractivity contribution in [1.29, 1.82) is 0 Å². The van der Waals surface area contributed by atoms with E-state index in [1.807, 2.05) is 0 Å². The van der Waals surface area contributed by atoms with Gasteiger partial charge >= 0.3 is 5.97 Å². The van der Waals surface area contributed by atoms with Gasteiger partial charge in [-0.25, -0.2) is 4.79 Å². The summed E-state index contributed by atoms with van der Waals surface area (Å²) < 4.78 is 10.4. The first-order valence-corrected chi connectivity index (χ1v) is 7.83. The van der Waals surface area contributed by atoms with Crippen molar-refractivity contribution in [3.63, 3.8) is 0 Å². The first kappa shape index (κ1) is 16.0. The molecule has 1 heterocycles. The number of carbonyl (C=O) groups excluding carboxylic acids is 3. The van der Waals surface area contributed by atoms with Crippen LogP contribution < -0.4 is 5.32 Å². The van der Waals surface area contributed by atoms with Gasteiger partial charge in [0.25, 0.3) is 5.91 Å². The van der Waals surface area contributed by atoms with E-state index in [1.54, 1.807) is 30.3 Å². The second kappa shape index (κ2) is 7.12. The molecule has 1 aliphatic carbocycles. The Labute approximate surface area is 138 Å². The third-order valence-corrected chi connectivity index (χ3v) is 3.89. The number of amides is 1. The van der Waals surface area contributed by atoms with Crippen LogP contribution in [0.2, 0.25) is 0 Å². The predicted molar refractivity (Wildman–Crippen MR) is 85.8 cm³/mol. The number of rotatable bonds is 4. The van der Waals surface area contributed by atoms with Gasteiger partial charge in [-0.05, 0) is 43.5 Å². The Morgan fingerprint density at radius 2 is 1.96 bits per heavy atom. The first-order chi connectivity index (χ1) is 11.6. The zero-order chi connectivity index (χ0) is 16.9. The molecule has 0 unspecified atom stereocenters. The molecule has 1 aromatic heterocycles. The van der Waals surface area contributed by atoms with Gasteiger partial charge in [-0.2, -0.15) is 0 Å². The summed E-state index contributed by atoms with van der Waals surface area (Å²) in [4.78, 5) is 36.3. The standard InChI is InChI=1S/C18H17NO5/c20-14-8-3-4-9-15(14)24-18(22)12-6-1-2-7-13(12)19-17(21)16-10-5-11-23-16/h1-2,5-7,10-11,15H,3-4,8-9H2,(H,19,21)/t15-/m1/s1. The van der Waals surface area contributed by atoms with E-state index in [4.69, 9.17) is 9.15 Å². The van der Waals surface area contributed by atoms with Crippen LogP contribution >= 0.6 is 0 Å². The topological polar surface area (TPSA) is 85.6 Å². The fourth-order valence-corrected chi connectivity index (χ4v) is 2.63. The maximum Gasteiger partial charge on any atom is 0.340 e. The van der Waals surface area contributed by atoms with Crippen molar-refractivity contribution in [2.45, 2.75) is 31.8 Å². The maximum absolute atomic E-state index is 12.4. The largest absolute Gasteiger partial charge is 0.459 e. The molecule has 2 aromatic rings. The molecule has 124 valence electrons. The first-order valence-electron chi connectivity index (χ1n) is 7.83. The molecule has 6 nitrogen and oxygen atoms in total. The quantitative estimate of drug-likeness (QED) is 0.872. The van der Waals surface area contributed by atoms with E-state index in [-0.39, 0.29) is 17.1 Å². The molecule has 1 N–H and O–H groups in total. The molecule has 1 aromatic carbocycles. The number of benzene rings is 1. The molecule has 6 heteroatoms. The van der Waals surface area contributed by atoms with Crippen molar-refractivity contribution in [1.82, 2.24) is 0 Å². The van der Waals surface area contributed by atoms with E-state index in [9.17, 15) is 14.4 Å². The molecule has 0 saturated heterocycles. The van der Waals surface area contributed by atoms with Gasteiger partial charge in [0.05, 0.1) is 17.5 Å². The molecule has 0 aliphatic heterocycles. The van der Waals surface area contributed by atoms with Crippen LogP contribution in [0, 0.1) is 0 Å². The number of Topliss-reactive ketones (excluding diaryl/α,β-unsaturated/α-hetero) is 1. The number of hydrogen-bond acceptors (Lipinski definition) is 5. The Balaban J connectivity index is 1.74. The SMILES string of the molecule is O=C(Nc1ccccc1C(=O)O[C@@H]1CCCCC1=O)c1ccco1. The smallest absolute Gasteiger partial charge is 0.340 e. The third kappa shape index (κ3) is 3.53. The van der Waals surface area contributed by atoms with E-state index < -0.39 is 18.0 Å². The Morgan fingerprint density at radius 3 is 2.71 bits per heavy atom. The maximum atomic E-state index is 12.4. The summed E-state index contributed by atoms with van der Waals surface area (Å²) in [6.45, 7) is 0. The molecule has 24 heavy (non-hydrogen) atoms. The van der Waals surface area contributed by atoms with Gasteiger partial charge in [-0.15, -0.1) is 0 Å². The zero-order valence-corrected chi connectivity index (χ0v) is 13.0. The Hall–Kier alpha value is -2.89. The average molecular weight is 327 g/mol. The number of hydrogen-bond donors (Lipinski definition) is 1. The van der Waals surface area contributed by atoms with E-state index in [1.165, 1.54) is 12.3 Å². The number of para-hydroxylation sites is 1. The minimum atomic E-state index is -0.694. The second-order valence-corrected chi connectivity index (χ2v) is 5.58. The fraction of sp³-hybridized carbons (Fsp3) is 0.278. The van der Waals surface area contributed by atoms with Gasteiger partial charge in [-0.1, -0.05) is 12.1 Å². The molecule has 0 bridgehead atoms. The molecule has 0 radical (unpaired) electrons. The molecule has 3 rings (SSSR count). The highest BCUT2D eigenvalue weighted by molar-refractivity contribution is 6.07. The van der Waals surface area contributed by atoms with Crippen LogP contribution in [-0.4, -0.2) is 23.8 Å². The monoisotopic (exact) mass is 327 g/mol. The van der Waals surface area contributed by atoms with Crippen LogP contribution in [0.3, 0.4) is 0 Å². The summed E-state index contributed by atoms with van der Waals surface area (Å²) in [5, 5.41) is 2.62. The summed E-state index contributed by atoms with van der Waals surface area (Å²) in [6, 6.07) is 9.64. The average Bonchev–Trinajstić information content (AvgIpc) is 3.12. The number of ether oxygens (including phenoxy) is 1. The van der Waals surface area contributed by atoms with E-state index in [0.29, 0.717) is 18.5 Å². The van der Waals surface area contributed by atoms with Crippen molar-refractivity contribution in [2.75, 3.05) is 5.32 Å². The lowest BCUT2D eigenvalue weighted by Gasteiger charge is -2.21. The fourth-order valence-electron chi connectivity index (χ4n) is 2.63. The van der Waals surface area contributed by atoms with E-state index in [0.717, 1.165) is 12.8 Å². The van der Waals surface area contributed by atoms with Crippen LogP contribution in [0.5, 0.6) is 0 Å². The number of anilines is 1. The molecule has 1 saturated carbocycles. The minimum Gasteiger partial charge on any atom is -0.459 e. The van der Waals surface area contributed by atoms with Crippen molar-refractivity contribution >= 4 is 23.3 Å². The van der Waals surface area contributed by atoms with Gasteiger partial charge < -0.3 is 14.5 Å². The molecular weight excluding hydrogens is 310 g/mol. The molecule has 1 fully saturated rings. The molecule has 0 spiro atoms. The summed E-state index contributed by atoms with van der Waals surface area (Å²) in [6.07, 6.45) is 3.38.